The number of guanidine groups is 1. The topological polar surface area (TPSA) is 93.9 Å². The Hall–Kier alpha value is -0.810. The van der Waals surface area contributed by atoms with E-state index in [1.807, 2.05) is 0 Å². The molecule has 0 aromatic rings. The fraction of sp³-hybridized carbons (Fsp3) is 0.833. The van der Waals surface area contributed by atoms with Crippen LogP contribution in [0.2, 0.25) is 0 Å². The first kappa shape index (κ1) is 10.2. The highest BCUT2D eigenvalue weighted by Gasteiger charge is 2.19. The van der Waals surface area contributed by atoms with E-state index in [1.165, 1.54) is 7.11 Å². The van der Waals surface area contributed by atoms with Gasteiger partial charge in [-0.05, 0) is 6.92 Å². The number of nitrogens with zero attached hydrogens (tertiary/aromatic N) is 1. The average Bonchev–Trinajstić information content (AvgIpc) is 1.84. The van der Waals surface area contributed by atoms with Crippen LogP contribution in [0.4, 0.5) is 0 Å². The molecule has 5 N–H and O–H groups in total. The SMILES string of the molecule is COCC(C)(O)CN=C(N)N. The van der Waals surface area contributed by atoms with Crippen molar-refractivity contribution in [3.63, 3.8) is 0 Å². The fourth-order valence-electron chi connectivity index (χ4n) is 0.618. The molecule has 0 radical (unpaired) electrons. The van der Waals surface area contributed by atoms with E-state index in [1.54, 1.807) is 6.92 Å². The van der Waals surface area contributed by atoms with Crippen molar-refractivity contribution in [2.75, 3.05) is 20.3 Å². The normalized spacial score (nSPS) is 15.5. The zero-order valence-corrected chi connectivity index (χ0v) is 6.87. The Balaban J connectivity index is 3.81. The number of ether oxygens (including phenoxy) is 1. The molecule has 0 spiro atoms. The number of aliphatic hydroxyl groups is 1. The minimum absolute atomic E-state index is 0.0265. The van der Waals surface area contributed by atoms with Crippen molar-refractivity contribution >= 4 is 5.96 Å². The van der Waals surface area contributed by atoms with Crippen molar-refractivity contribution in [3.8, 4) is 0 Å². The van der Waals surface area contributed by atoms with Crippen molar-refractivity contribution in [2.45, 2.75) is 12.5 Å². The molecule has 1 unspecified atom stereocenters. The van der Waals surface area contributed by atoms with Gasteiger partial charge in [0.05, 0.1) is 13.2 Å². The van der Waals surface area contributed by atoms with Crippen LogP contribution in [-0.2, 0) is 4.74 Å². The highest BCUT2D eigenvalue weighted by atomic mass is 16.5. The second-order valence-corrected chi connectivity index (χ2v) is 2.67. The van der Waals surface area contributed by atoms with E-state index < -0.39 is 5.60 Å². The molecule has 0 amide bonds. The Bertz CT molecular complexity index is 141. The molecule has 0 rings (SSSR count). The summed E-state index contributed by atoms with van der Waals surface area (Å²) in [6.07, 6.45) is 0. The first-order valence-corrected chi connectivity index (χ1v) is 3.24. The van der Waals surface area contributed by atoms with Crippen LogP contribution < -0.4 is 11.5 Å². The lowest BCUT2D eigenvalue weighted by Crippen LogP contribution is -2.35. The number of hydrogen-bond acceptors (Lipinski definition) is 3. The lowest BCUT2D eigenvalue weighted by molar-refractivity contribution is -0.00905. The van der Waals surface area contributed by atoms with Gasteiger partial charge in [-0.1, -0.05) is 0 Å². The summed E-state index contributed by atoms with van der Waals surface area (Å²) in [5.41, 5.74) is 9.16. The van der Waals surface area contributed by atoms with E-state index in [2.05, 4.69) is 4.99 Å². The summed E-state index contributed by atoms with van der Waals surface area (Å²) >= 11 is 0. The maximum absolute atomic E-state index is 9.42. The minimum Gasteiger partial charge on any atom is -0.386 e. The van der Waals surface area contributed by atoms with Crippen molar-refractivity contribution in [2.24, 2.45) is 16.5 Å². The number of nitrogens with two attached hydrogens (primary N) is 2. The Kier molecular flexibility index (Phi) is 3.84. The monoisotopic (exact) mass is 161 g/mol. The molecule has 0 saturated heterocycles. The van der Waals surface area contributed by atoms with E-state index in [0.717, 1.165) is 0 Å². The lowest BCUT2D eigenvalue weighted by Gasteiger charge is -2.19. The van der Waals surface area contributed by atoms with E-state index in [4.69, 9.17) is 16.2 Å². The average molecular weight is 161 g/mol. The summed E-state index contributed by atoms with van der Waals surface area (Å²) in [4.78, 5) is 3.66. The van der Waals surface area contributed by atoms with Crippen LogP contribution in [0.5, 0.6) is 0 Å². The van der Waals surface area contributed by atoms with Crippen LogP contribution in [0.15, 0.2) is 4.99 Å². The number of hydrogen-bond donors (Lipinski definition) is 3. The molecule has 0 aromatic heterocycles. The van der Waals surface area contributed by atoms with Crippen molar-refractivity contribution < 1.29 is 9.84 Å². The standard InChI is InChI=1S/C6H15N3O2/c1-6(10,4-11-2)3-9-5(7)8/h10H,3-4H2,1-2H3,(H4,7,8,9). The van der Waals surface area contributed by atoms with Crippen LogP contribution >= 0.6 is 0 Å². The predicted octanol–water partition coefficient (Wildman–Crippen LogP) is -1.34. The van der Waals surface area contributed by atoms with E-state index in [-0.39, 0.29) is 19.1 Å². The molecular weight excluding hydrogens is 146 g/mol. The van der Waals surface area contributed by atoms with Crippen LogP contribution in [0.25, 0.3) is 0 Å². The first-order valence-electron chi connectivity index (χ1n) is 3.24. The Morgan fingerprint density at radius 2 is 2.18 bits per heavy atom. The Morgan fingerprint density at radius 3 is 2.55 bits per heavy atom. The molecule has 0 aliphatic carbocycles. The van der Waals surface area contributed by atoms with Gasteiger partial charge in [-0.3, -0.25) is 4.99 Å². The summed E-state index contributed by atoms with van der Waals surface area (Å²) < 4.78 is 4.74. The highest BCUT2D eigenvalue weighted by molar-refractivity contribution is 5.75. The lowest BCUT2D eigenvalue weighted by atomic mass is 10.1. The second kappa shape index (κ2) is 4.15. The zero-order chi connectivity index (χ0) is 8.91. The smallest absolute Gasteiger partial charge is 0.186 e. The van der Waals surface area contributed by atoms with Crippen LogP contribution in [0.3, 0.4) is 0 Å². The van der Waals surface area contributed by atoms with Gasteiger partial charge < -0.3 is 21.3 Å². The van der Waals surface area contributed by atoms with Gasteiger partial charge in [-0.15, -0.1) is 0 Å². The predicted molar refractivity (Wildman–Crippen MR) is 43.2 cm³/mol. The molecule has 11 heavy (non-hydrogen) atoms. The van der Waals surface area contributed by atoms with E-state index in [0.29, 0.717) is 0 Å². The van der Waals surface area contributed by atoms with E-state index >= 15 is 0 Å². The van der Waals surface area contributed by atoms with Crippen molar-refractivity contribution in [1.29, 1.82) is 0 Å². The molecule has 5 heteroatoms. The molecule has 0 heterocycles. The maximum Gasteiger partial charge on any atom is 0.186 e. The summed E-state index contributed by atoms with van der Waals surface area (Å²) in [6, 6.07) is 0. The number of rotatable bonds is 4. The van der Waals surface area contributed by atoms with Gasteiger partial charge in [0.15, 0.2) is 5.96 Å². The van der Waals surface area contributed by atoms with E-state index in [9.17, 15) is 5.11 Å². The Morgan fingerprint density at radius 1 is 1.64 bits per heavy atom. The quantitative estimate of drug-likeness (QED) is 0.351. The zero-order valence-electron chi connectivity index (χ0n) is 6.87. The number of aliphatic imine (C=N–C) groups is 1. The third-order valence-electron chi connectivity index (χ3n) is 1.06. The molecule has 0 aliphatic heterocycles. The highest BCUT2D eigenvalue weighted by Crippen LogP contribution is 2.02. The molecule has 0 bridgehead atoms. The van der Waals surface area contributed by atoms with Gasteiger partial charge in [-0.2, -0.15) is 0 Å². The molecule has 0 fully saturated rings. The first-order chi connectivity index (χ1) is 4.98. The third kappa shape index (κ3) is 5.63. The molecule has 0 saturated carbocycles. The molecule has 0 aliphatic rings. The van der Waals surface area contributed by atoms with Gasteiger partial charge in [0.2, 0.25) is 0 Å². The van der Waals surface area contributed by atoms with Gasteiger partial charge in [0.25, 0.3) is 0 Å². The van der Waals surface area contributed by atoms with Crippen LogP contribution in [0, 0.1) is 0 Å². The molecule has 0 aromatic carbocycles. The van der Waals surface area contributed by atoms with Crippen LogP contribution in [-0.4, -0.2) is 36.9 Å². The maximum atomic E-state index is 9.42. The third-order valence-corrected chi connectivity index (χ3v) is 1.06. The summed E-state index contributed by atoms with van der Waals surface area (Å²) in [5.74, 6) is -0.0265. The summed E-state index contributed by atoms with van der Waals surface area (Å²) in [7, 11) is 1.50. The fourth-order valence-corrected chi connectivity index (χ4v) is 0.618. The van der Waals surface area contributed by atoms with Gasteiger partial charge in [0, 0.05) is 7.11 Å². The summed E-state index contributed by atoms with van der Waals surface area (Å²) in [5, 5.41) is 9.42. The largest absolute Gasteiger partial charge is 0.386 e. The Labute approximate surface area is 66.0 Å². The minimum atomic E-state index is -0.987. The molecule has 1 atom stereocenters. The molecular formula is C6H15N3O2. The van der Waals surface area contributed by atoms with Crippen molar-refractivity contribution in [3.05, 3.63) is 0 Å². The van der Waals surface area contributed by atoms with Gasteiger partial charge in [-0.25, -0.2) is 0 Å². The van der Waals surface area contributed by atoms with Gasteiger partial charge in [0.1, 0.15) is 5.60 Å². The molecule has 66 valence electrons. The summed E-state index contributed by atoms with van der Waals surface area (Å²) in [6.45, 7) is 1.97. The van der Waals surface area contributed by atoms with Gasteiger partial charge >= 0.3 is 0 Å². The number of methoxy groups -OCH3 is 1. The van der Waals surface area contributed by atoms with Crippen LogP contribution in [0.1, 0.15) is 6.92 Å². The second-order valence-electron chi connectivity index (χ2n) is 2.67. The molecule has 5 nitrogen and oxygen atoms in total. The van der Waals surface area contributed by atoms with Crippen molar-refractivity contribution in [1.82, 2.24) is 0 Å².